The second kappa shape index (κ2) is 5.09. The van der Waals surface area contributed by atoms with E-state index in [1.165, 1.54) is 6.07 Å². The Bertz CT molecular complexity index is 756. The SMILES string of the molecule is Nc1noc(-c2ccc(F)c(Br)c2)c1-c1ccccc1. The van der Waals surface area contributed by atoms with Crippen LogP contribution in [0.4, 0.5) is 10.2 Å². The fraction of sp³-hybridized carbons (Fsp3) is 0. The van der Waals surface area contributed by atoms with E-state index >= 15 is 0 Å². The Kier molecular flexibility index (Phi) is 3.28. The van der Waals surface area contributed by atoms with E-state index in [2.05, 4.69) is 21.1 Å². The lowest BCUT2D eigenvalue weighted by molar-refractivity contribution is 0.436. The Morgan fingerprint density at radius 1 is 1.05 bits per heavy atom. The van der Waals surface area contributed by atoms with Crippen LogP contribution < -0.4 is 5.73 Å². The van der Waals surface area contributed by atoms with Gasteiger partial charge in [-0.15, -0.1) is 0 Å². The molecule has 0 saturated heterocycles. The standard InChI is InChI=1S/C15H10BrFN2O/c16-11-8-10(6-7-12(11)17)14-13(15(18)19-20-14)9-4-2-1-3-5-9/h1-8H,(H2,18,19). The molecule has 0 unspecified atom stereocenters. The second-order valence-electron chi connectivity index (χ2n) is 4.27. The molecule has 0 atom stereocenters. The third kappa shape index (κ3) is 2.20. The second-order valence-corrected chi connectivity index (χ2v) is 5.12. The molecule has 0 fully saturated rings. The highest BCUT2D eigenvalue weighted by Crippen LogP contribution is 2.37. The average Bonchev–Trinajstić information content (AvgIpc) is 2.85. The first kappa shape index (κ1) is 12.9. The van der Waals surface area contributed by atoms with Crippen LogP contribution in [0.2, 0.25) is 0 Å². The summed E-state index contributed by atoms with van der Waals surface area (Å²) < 4.78 is 19.0. The highest BCUT2D eigenvalue weighted by atomic mass is 79.9. The van der Waals surface area contributed by atoms with Crippen LogP contribution in [0.25, 0.3) is 22.5 Å². The molecule has 0 aliphatic rings. The number of anilines is 1. The van der Waals surface area contributed by atoms with E-state index < -0.39 is 0 Å². The number of aromatic nitrogens is 1. The Balaban J connectivity index is 2.18. The molecule has 0 aliphatic heterocycles. The van der Waals surface area contributed by atoms with Gasteiger partial charge in [-0.1, -0.05) is 35.5 Å². The van der Waals surface area contributed by atoms with E-state index in [-0.39, 0.29) is 5.82 Å². The van der Waals surface area contributed by atoms with Crippen molar-refractivity contribution in [1.82, 2.24) is 5.16 Å². The van der Waals surface area contributed by atoms with Crippen LogP contribution >= 0.6 is 15.9 Å². The normalized spacial score (nSPS) is 10.7. The first-order chi connectivity index (χ1) is 9.66. The molecular weight excluding hydrogens is 323 g/mol. The third-order valence-corrected chi connectivity index (χ3v) is 3.57. The van der Waals surface area contributed by atoms with Gasteiger partial charge in [-0.3, -0.25) is 0 Å². The molecular formula is C15H10BrFN2O. The molecule has 0 amide bonds. The maximum absolute atomic E-state index is 13.3. The van der Waals surface area contributed by atoms with Gasteiger partial charge >= 0.3 is 0 Å². The Labute approximate surface area is 123 Å². The lowest BCUT2D eigenvalue weighted by Crippen LogP contribution is -1.89. The van der Waals surface area contributed by atoms with Crippen molar-refractivity contribution in [3.63, 3.8) is 0 Å². The number of nitrogen functional groups attached to an aromatic ring is 1. The predicted molar refractivity (Wildman–Crippen MR) is 79.4 cm³/mol. The molecule has 0 radical (unpaired) electrons. The summed E-state index contributed by atoms with van der Waals surface area (Å²) in [5, 5.41) is 3.82. The smallest absolute Gasteiger partial charge is 0.176 e. The monoisotopic (exact) mass is 332 g/mol. The van der Waals surface area contributed by atoms with Crippen LogP contribution in [0.3, 0.4) is 0 Å². The average molecular weight is 333 g/mol. The Hall–Kier alpha value is -2.14. The molecule has 1 heterocycles. The first-order valence-corrected chi connectivity index (χ1v) is 6.72. The quantitative estimate of drug-likeness (QED) is 0.752. The van der Waals surface area contributed by atoms with Gasteiger partial charge in [-0.05, 0) is 39.7 Å². The maximum atomic E-state index is 13.3. The van der Waals surface area contributed by atoms with Gasteiger partial charge in [-0.2, -0.15) is 0 Å². The van der Waals surface area contributed by atoms with Gasteiger partial charge in [-0.25, -0.2) is 4.39 Å². The van der Waals surface area contributed by atoms with Crippen molar-refractivity contribution in [2.45, 2.75) is 0 Å². The van der Waals surface area contributed by atoms with Crippen molar-refractivity contribution in [3.05, 3.63) is 58.8 Å². The summed E-state index contributed by atoms with van der Waals surface area (Å²) in [6.07, 6.45) is 0. The summed E-state index contributed by atoms with van der Waals surface area (Å²) in [5.74, 6) is 0.503. The molecule has 0 saturated carbocycles. The zero-order chi connectivity index (χ0) is 14.1. The van der Waals surface area contributed by atoms with Gasteiger partial charge in [0.15, 0.2) is 11.6 Å². The number of hydrogen-bond acceptors (Lipinski definition) is 3. The highest BCUT2D eigenvalue weighted by molar-refractivity contribution is 9.10. The molecule has 5 heteroatoms. The molecule has 0 bridgehead atoms. The van der Waals surface area contributed by atoms with E-state index in [4.69, 9.17) is 10.3 Å². The minimum absolute atomic E-state index is 0.312. The number of hydrogen-bond donors (Lipinski definition) is 1. The third-order valence-electron chi connectivity index (χ3n) is 2.96. The van der Waals surface area contributed by atoms with Gasteiger partial charge in [0.1, 0.15) is 5.82 Å². The summed E-state index contributed by atoms with van der Waals surface area (Å²) in [4.78, 5) is 0. The highest BCUT2D eigenvalue weighted by Gasteiger charge is 2.18. The number of benzene rings is 2. The van der Waals surface area contributed by atoms with Gasteiger partial charge in [0.25, 0.3) is 0 Å². The largest absolute Gasteiger partial charge is 0.380 e. The van der Waals surface area contributed by atoms with Crippen molar-refractivity contribution in [3.8, 4) is 22.5 Å². The summed E-state index contributed by atoms with van der Waals surface area (Å²) >= 11 is 3.16. The molecule has 2 N–H and O–H groups in total. The van der Waals surface area contributed by atoms with Crippen LogP contribution in [0, 0.1) is 5.82 Å². The lowest BCUT2D eigenvalue weighted by Gasteiger charge is -2.03. The molecule has 20 heavy (non-hydrogen) atoms. The molecule has 2 aromatic carbocycles. The fourth-order valence-corrected chi connectivity index (χ4v) is 2.40. The molecule has 3 aromatic rings. The summed E-state index contributed by atoms with van der Waals surface area (Å²) in [7, 11) is 0. The van der Waals surface area contributed by atoms with Gasteiger partial charge in [0, 0.05) is 5.56 Å². The van der Waals surface area contributed by atoms with Crippen LogP contribution in [0.1, 0.15) is 0 Å². The minimum atomic E-state index is -0.331. The summed E-state index contributed by atoms with van der Waals surface area (Å²) in [5.41, 5.74) is 8.21. The molecule has 0 spiro atoms. The van der Waals surface area contributed by atoms with Crippen molar-refractivity contribution in [1.29, 1.82) is 0 Å². The molecule has 3 nitrogen and oxygen atoms in total. The van der Waals surface area contributed by atoms with E-state index in [0.717, 1.165) is 5.56 Å². The van der Waals surface area contributed by atoms with Crippen LogP contribution in [-0.2, 0) is 0 Å². The van der Waals surface area contributed by atoms with Crippen LogP contribution in [0.5, 0.6) is 0 Å². The molecule has 3 rings (SSSR count). The molecule has 1 aromatic heterocycles. The molecule has 0 aliphatic carbocycles. The van der Waals surface area contributed by atoms with Gasteiger partial charge in [0.2, 0.25) is 0 Å². The summed E-state index contributed by atoms with van der Waals surface area (Å²) in [6, 6.07) is 14.2. The van der Waals surface area contributed by atoms with Crippen molar-refractivity contribution >= 4 is 21.7 Å². The number of rotatable bonds is 2. The Morgan fingerprint density at radius 3 is 2.50 bits per heavy atom. The molecule has 100 valence electrons. The predicted octanol–water partition coefficient (Wildman–Crippen LogP) is 4.49. The Morgan fingerprint density at radius 2 is 1.80 bits per heavy atom. The van der Waals surface area contributed by atoms with Gasteiger partial charge < -0.3 is 10.3 Å². The van der Waals surface area contributed by atoms with Crippen molar-refractivity contribution in [2.75, 3.05) is 5.73 Å². The first-order valence-electron chi connectivity index (χ1n) is 5.93. The maximum Gasteiger partial charge on any atom is 0.176 e. The zero-order valence-electron chi connectivity index (χ0n) is 10.3. The topological polar surface area (TPSA) is 52.0 Å². The lowest BCUT2D eigenvalue weighted by atomic mass is 10.0. The van der Waals surface area contributed by atoms with Crippen LogP contribution in [0.15, 0.2) is 57.5 Å². The van der Waals surface area contributed by atoms with E-state index in [0.29, 0.717) is 27.2 Å². The van der Waals surface area contributed by atoms with Crippen molar-refractivity contribution in [2.24, 2.45) is 0 Å². The van der Waals surface area contributed by atoms with E-state index in [1.54, 1.807) is 12.1 Å². The number of nitrogens with two attached hydrogens (primary N) is 1. The zero-order valence-corrected chi connectivity index (χ0v) is 11.9. The van der Waals surface area contributed by atoms with E-state index in [1.807, 2.05) is 30.3 Å². The summed E-state index contributed by atoms with van der Waals surface area (Å²) in [6.45, 7) is 0. The van der Waals surface area contributed by atoms with E-state index in [9.17, 15) is 4.39 Å². The minimum Gasteiger partial charge on any atom is -0.380 e. The number of halogens is 2. The van der Waals surface area contributed by atoms with Gasteiger partial charge in [0.05, 0.1) is 10.0 Å². The number of nitrogens with zero attached hydrogens (tertiary/aromatic N) is 1. The van der Waals surface area contributed by atoms with Crippen molar-refractivity contribution < 1.29 is 8.91 Å². The van der Waals surface area contributed by atoms with Crippen LogP contribution in [-0.4, -0.2) is 5.16 Å². The fourth-order valence-electron chi connectivity index (χ4n) is 2.02.